The zero-order chi connectivity index (χ0) is 9.80. The molecule has 3 nitrogen and oxygen atoms in total. The number of hydrogen-bond donors (Lipinski definition) is 1. The largest absolute Gasteiger partial charge is 0.311 e. The Labute approximate surface area is 86.1 Å². The standard InChI is InChI=1S/C11H19N3/c12-6-3-8-14-9-7-13-10-4-1-2-5-11(10)14/h10-11,13H,1-5,7-9H2. The summed E-state index contributed by atoms with van der Waals surface area (Å²) in [4.78, 5) is 2.52. The van der Waals surface area contributed by atoms with Gasteiger partial charge in [0.15, 0.2) is 0 Å². The van der Waals surface area contributed by atoms with Gasteiger partial charge in [0.05, 0.1) is 6.07 Å². The summed E-state index contributed by atoms with van der Waals surface area (Å²) in [5.74, 6) is 0. The van der Waals surface area contributed by atoms with Gasteiger partial charge >= 0.3 is 0 Å². The van der Waals surface area contributed by atoms with Gasteiger partial charge in [-0.3, -0.25) is 4.90 Å². The second-order valence-corrected chi connectivity index (χ2v) is 4.36. The normalized spacial score (nSPS) is 33.4. The van der Waals surface area contributed by atoms with Gasteiger partial charge < -0.3 is 5.32 Å². The minimum atomic E-state index is 0.684. The van der Waals surface area contributed by atoms with Crippen LogP contribution in [0.3, 0.4) is 0 Å². The Kier molecular flexibility index (Phi) is 3.39. The molecule has 0 bridgehead atoms. The molecule has 0 aromatic heterocycles. The molecule has 1 aliphatic carbocycles. The monoisotopic (exact) mass is 193 g/mol. The predicted molar refractivity (Wildman–Crippen MR) is 55.8 cm³/mol. The molecule has 0 aromatic rings. The lowest BCUT2D eigenvalue weighted by atomic mass is 9.87. The average molecular weight is 193 g/mol. The lowest BCUT2D eigenvalue weighted by Crippen LogP contribution is -2.59. The third-order valence-corrected chi connectivity index (χ3v) is 3.51. The zero-order valence-corrected chi connectivity index (χ0v) is 8.71. The van der Waals surface area contributed by atoms with Crippen LogP contribution in [0.5, 0.6) is 0 Å². The maximum atomic E-state index is 8.60. The predicted octanol–water partition coefficient (Wildman–Crippen LogP) is 1.12. The number of hydrogen-bond acceptors (Lipinski definition) is 3. The first kappa shape index (κ1) is 9.95. The number of nitriles is 1. The van der Waals surface area contributed by atoms with Crippen LogP contribution in [0.2, 0.25) is 0 Å². The van der Waals surface area contributed by atoms with Gasteiger partial charge in [-0.1, -0.05) is 12.8 Å². The number of fused-ring (bicyclic) bond motifs is 1. The number of rotatable bonds is 2. The molecule has 2 atom stereocenters. The van der Waals surface area contributed by atoms with Crippen LogP contribution in [0.4, 0.5) is 0 Å². The second-order valence-electron chi connectivity index (χ2n) is 4.36. The van der Waals surface area contributed by atoms with Crippen LogP contribution in [-0.2, 0) is 0 Å². The molecule has 1 saturated heterocycles. The summed E-state index contributed by atoms with van der Waals surface area (Å²) in [5, 5.41) is 12.2. The summed E-state index contributed by atoms with van der Waals surface area (Å²) in [6, 6.07) is 3.67. The van der Waals surface area contributed by atoms with E-state index in [-0.39, 0.29) is 0 Å². The summed E-state index contributed by atoms with van der Waals surface area (Å²) in [6.07, 6.45) is 6.08. The molecule has 1 aliphatic heterocycles. The van der Waals surface area contributed by atoms with Gasteiger partial charge in [0.2, 0.25) is 0 Å². The van der Waals surface area contributed by atoms with E-state index in [4.69, 9.17) is 5.26 Å². The summed E-state index contributed by atoms with van der Waals surface area (Å²) in [6.45, 7) is 3.20. The first-order valence-electron chi connectivity index (χ1n) is 5.76. The molecule has 0 radical (unpaired) electrons. The SMILES string of the molecule is N#CCCN1CCNC2CCCCC21. The van der Waals surface area contributed by atoms with Crippen molar-refractivity contribution in [3.8, 4) is 6.07 Å². The Morgan fingerprint density at radius 3 is 3.07 bits per heavy atom. The van der Waals surface area contributed by atoms with Crippen molar-refractivity contribution in [2.24, 2.45) is 0 Å². The van der Waals surface area contributed by atoms with E-state index in [1.54, 1.807) is 0 Å². The molecule has 1 heterocycles. The molecule has 2 fully saturated rings. The van der Waals surface area contributed by atoms with E-state index in [0.29, 0.717) is 18.5 Å². The number of nitrogens with zero attached hydrogens (tertiary/aromatic N) is 2. The fourth-order valence-corrected chi connectivity index (χ4v) is 2.82. The van der Waals surface area contributed by atoms with E-state index in [0.717, 1.165) is 19.6 Å². The van der Waals surface area contributed by atoms with Crippen molar-refractivity contribution < 1.29 is 0 Å². The molecular formula is C11H19N3. The Bertz CT molecular complexity index is 219. The van der Waals surface area contributed by atoms with Crippen LogP contribution in [0.1, 0.15) is 32.1 Å². The third-order valence-electron chi connectivity index (χ3n) is 3.51. The minimum Gasteiger partial charge on any atom is -0.311 e. The van der Waals surface area contributed by atoms with E-state index < -0.39 is 0 Å². The Hall–Kier alpha value is -0.590. The lowest BCUT2D eigenvalue weighted by molar-refractivity contribution is 0.0903. The molecular weight excluding hydrogens is 174 g/mol. The number of nitrogens with one attached hydrogen (secondary N) is 1. The fourth-order valence-electron chi connectivity index (χ4n) is 2.82. The fraction of sp³-hybridized carbons (Fsp3) is 0.909. The average Bonchev–Trinajstić information content (AvgIpc) is 2.26. The van der Waals surface area contributed by atoms with Gasteiger partial charge in [-0.2, -0.15) is 5.26 Å². The molecule has 2 unspecified atom stereocenters. The molecule has 1 N–H and O–H groups in total. The van der Waals surface area contributed by atoms with Crippen molar-refractivity contribution in [3.63, 3.8) is 0 Å². The number of piperazine rings is 1. The van der Waals surface area contributed by atoms with Crippen LogP contribution in [0, 0.1) is 11.3 Å². The molecule has 0 aromatic carbocycles. The van der Waals surface area contributed by atoms with Gasteiger partial charge in [-0.05, 0) is 12.8 Å². The highest BCUT2D eigenvalue weighted by atomic mass is 15.2. The molecule has 0 spiro atoms. The van der Waals surface area contributed by atoms with Crippen molar-refractivity contribution >= 4 is 0 Å². The minimum absolute atomic E-state index is 0.684. The molecule has 78 valence electrons. The van der Waals surface area contributed by atoms with Crippen molar-refractivity contribution in [1.29, 1.82) is 5.26 Å². The van der Waals surface area contributed by atoms with Gasteiger partial charge in [-0.25, -0.2) is 0 Å². The van der Waals surface area contributed by atoms with Crippen molar-refractivity contribution in [2.75, 3.05) is 19.6 Å². The van der Waals surface area contributed by atoms with Gasteiger partial charge in [0, 0.05) is 38.1 Å². The summed E-state index contributed by atoms with van der Waals surface area (Å²) in [5.41, 5.74) is 0. The second kappa shape index (κ2) is 4.77. The van der Waals surface area contributed by atoms with Gasteiger partial charge in [-0.15, -0.1) is 0 Å². The third kappa shape index (κ3) is 2.08. The highest BCUT2D eigenvalue weighted by Crippen LogP contribution is 2.25. The first-order valence-corrected chi connectivity index (χ1v) is 5.76. The highest BCUT2D eigenvalue weighted by Gasteiger charge is 2.32. The van der Waals surface area contributed by atoms with Gasteiger partial charge in [0.25, 0.3) is 0 Å². The Morgan fingerprint density at radius 1 is 1.36 bits per heavy atom. The lowest BCUT2D eigenvalue weighted by Gasteiger charge is -2.44. The topological polar surface area (TPSA) is 39.1 Å². The van der Waals surface area contributed by atoms with E-state index in [1.807, 2.05) is 0 Å². The van der Waals surface area contributed by atoms with Crippen molar-refractivity contribution in [3.05, 3.63) is 0 Å². The van der Waals surface area contributed by atoms with E-state index >= 15 is 0 Å². The van der Waals surface area contributed by atoms with Crippen molar-refractivity contribution in [1.82, 2.24) is 10.2 Å². The summed E-state index contributed by atoms with van der Waals surface area (Å²) >= 11 is 0. The van der Waals surface area contributed by atoms with E-state index in [9.17, 15) is 0 Å². The Balaban J connectivity index is 1.91. The molecule has 0 amide bonds. The van der Waals surface area contributed by atoms with Crippen LogP contribution in [-0.4, -0.2) is 36.6 Å². The van der Waals surface area contributed by atoms with Gasteiger partial charge in [0.1, 0.15) is 0 Å². The molecule has 14 heavy (non-hydrogen) atoms. The molecule has 2 aliphatic rings. The quantitative estimate of drug-likeness (QED) is 0.714. The van der Waals surface area contributed by atoms with Crippen LogP contribution < -0.4 is 5.32 Å². The molecule has 1 saturated carbocycles. The summed E-state index contributed by atoms with van der Waals surface area (Å²) in [7, 11) is 0. The summed E-state index contributed by atoms with van der Waals surface area (Å²) < 4.78 is 0. The highest BCUT2D eigenvalue weighted by molar-refractivity contribution is 4.92. The van der Waals surface area contributed by atoms with Crippen LogP contribution in [0.15, 0.2) is 0 Å². The molecule has 3 heteroatoms. The zero-order valence-electron chi connectivity index (χ0n) is 8.71. The Morgan fingerprint density at radius 2 is 2.21 bits per heavy atom. The van der Waals surface area contributed by atoms with E-state index in [1.165, 1.54) is 25.7 Å². The smallest absolute Gasteiger partial charge is 0.0635 e. The van der Waals surface area contributed by atoms with Crippen LogP contribution >= 0.6 is 0 Å². The molecule has 2 rings (SSSR count). The van der Waals surface area contributed by atoms with Crippen molar-refractivity contribution in [2.45, 2.75) is 44.2 Å². The maximum Gasteiger partial charge on any atom is 0.0635 e. The van der Waals surface area contributed by atoms with Crippen LogP contribution in [0.25, 0.3) is 0 Å². The van der Waals surface area contributed by atoms with E-state index in [2.05, 4.69) is 16.3 Å². The first-order chi connectivity index (χ1) is 6.92. The maximum absolute atomic E-state index is 8.60.